The van der Waals surface area contributed by atoms with Gasteiger partial charge in [0.2, 0.25) is 0 Å². The predicted octanol–water partition coefficient (Wildman–Crippen LogP) is 3.81. The van der Waals surface area contributed by atoms with Crippen LogP contribution in [0.3, 0.4) is 0 Å². The number of carbonyl (C=O) groups excluding carboxylic acids is 1. The van der Waals surface area contributed by atoms with Crippen LogP contribution in [0.2, 0.25) is 0 Å². The standard InChI is InChI=1S/C13H16INO/c14-15(12-9-5-2-6-10-12)13(16)11-7-3-1-4-8-11/h1,3-4,7-8,12H,2,5-6,9-10H2. The SMILES string of the molecule is O=C(c1ccccc1)N(I)C1CCCCC1. The van der Waals surface area contributed by atoms with E-state index in [4.69, 9.17) is 0 Å². The normalized spacial score (nSPS) is 17.1. The first kappa shape index (κ1) is 11.9. The minimum absolute atomic E-state index is 0.146. The van der Waals surface area contributed by atoms with Crippen molar-refractivity contribution in [2.45, 2.75) is 38.1 Å². The maximum Gasteiger partial charge on any atom is 0.262 e. The van der Waals surface area contributed by atoms with Crippen LogP contribution in [0, 0.1) is 0 Å². The van der Waals surface area contributed by atoms with Gasteiger partial charge >= 0.3 is 0 Å². The fourth-order valence-corrected chi connectivity index (χ4v) is 3.01. The van der Waals surface area contributed by atoms with Crippen molar-refractivity contribution in [1.29, 1.82) is 0 Å². The molecule has 1 aromatic rings. The summed E-state index contributed by atoms with van der Waals surface area (Å²) in [7, 11) is 0. The van der Waals surface area contributed by atoms with Crippen LogP contribution in [0.4, 0.5) is 0 Å². The van der Waals surface area contributed by atoms with E-state index < -0.39 is 0 Å². The lowest BCUT2D eigenvalue weighted by atomic mass is 9.95. The third-order valence-electron chi connectivity index (χ3n) is 3.11. The van der Waals surface area contributed by atoms with Crippen molar-refractivity contribution in [3.63, 3.8) is 0 Å². The van der Waals surface area contributed by atoms with Crippen LogP contribution >= 0.6 is 22.9 Å². The molecule has 1 aliphatic carbocycles. The minimum atomic E-state index is 0.146. The smallest absolute Gasteiger partial charge is 0.262 e. The molecule has 0 aliphatic heterocycles. The molecule has 16 heavy (non-hydrogen) atoms. The van der Waals surface area contributed by atoms with Gasteiger partial charge in [0.15, 0.2) is 0 Å². The van der Waals surface area contributed by atoms with Gasteiger partial charge in [-0.05, 0) is 25.0 Å². The van der Waals surface area contributed by atoms with E-state index in [-0.39, 0.29) is 5.91 Å². The summed E-state index contributed by atoms with van der Waals surface area (Å²) in [6.07, 6.45) is 6.14. The third-order valence-corrected chi connectivity index (χ3v) is 4.34. The number of hydrogen-bond donors (Lipinski definition) is 0. The van der Waals surface area contributed by atoms with Gasteiger partial charge in [-0.1, -0.05) is 37.5 Å². The number of halogens is 1. The quantitative estimate of drug-likeness (QED) is 0.597. The van der Waals surface area contributed by atoms with Crippen LogP contribution in [0.25, 0.3) is 0 Å². The molecule has 1 saturated carbocycles. The molecular weight excluding hydrogens is 313 g/mol. The van der Waals surface area contributed by atoms with Crippen LogP contribution in [-0.4, -0.2) is 15.1 Å². The first-order valence-electron chi connectivity index (χ1n) is 5.83. The van der Waals surface area contributed by atoms with Gasteiger partial charge in [0.1, 0.15) is 0 Å². The number of rotatable bonds is 2. The summed E-state index contributed by atoms with van der Waals surface area (Å²) in [4.78, 5) is 12.2. The Hall–Kier alpha value is -0.580. The zero-order chi connectivity index (χ0) is 11.4. The largest absolute Gasteiger partial charge is 0.278 e. The van der Waals surface area contributed by atoms with Gasteiger partial charge in [-0.25, -0.2) is 0 Å². The molecule has 0 radical (unpaired) electrons. The molecule has 2 rings (SSSR count). The summed E-state index contributed by atoms with van der Waals surface area (Å²) in [6, 6.07) is 9.97. The van der Waals surface area contributed by atoms with E-state index in [2.05, 4.69) is 22.9 Å². The average Bonchev–Trinajstić information content (AvgIpc) is 2.39. The summed E-state index contributed by atoms with van der Waals surface area (Å²) in [5.41, 5.74) is 0.794. The van der Waals surface area contributed by atoms with Crippen LogP contribution in [0.1, 0.15) is 42.5 Å². The summed E-state index contributed by atoms with van der Waals surface area (Å²) >= 11 is 2.17. The average molecular weight is 329 g/mol. The molecule has 0 spiro atoms. The van der Waals surface area contributed by atoms with E-state index in [1.54, 1.807) is 0 Å². The van der Waals surface area contributed by atoms with Crippen molar-refractivity contribution >= 4 is 28.8 Å². The fraction of sp³-hybridized carbons (Fsp3) is 0.462. The summed E-state index contributed by atoms with van der Waals surface area (Å²) < 4.78 is 1.90. The van der Waals surface area contributed by atoms with Gasteiger partial charge in [-0.2, -0.15) is 0 Å². The Morgan fingerprint density at radius 3 is 2.38 bits per heavy atom. The molecule has 0 saturated heterocycles. The van der Waals surface area contributed by atoms with Gasteiger partial charge in [-0.3, -0.25) is 7.91 Å². The molecule has 0 bridgehead atoms. The zero-order valence-electron chi connectivity index (χ0n) is 9.23. The highest BCUT2D eigenvalue weighted by molar-refractivity contribution is 14.1. The lowest BCUT2D eigenvalue weighted by molar-refractivity contribution is 0.0837. The third kappa shape index (κ3) is 2.75. The number of benzene rings is 1. The summed E-state index contributed by atoms with van der Waals surface area (Å²) in [5.74, 6) is 0.146. The van der Waals surface area contributed by atoms with Gasteiger partial charge < -0.3 is 0 Å². The van der Waals surface area contributed by atoms with Crippen molar-refractivity contribution in [2.75, 3.05) is 0 Å². The Morgan fingerprint density at radius 2 is 1.75 bits per heavy atom. The second-order valence-corrected chi connectivity index (χ2v) is 5.31. The Morgan fingerprint density at radius 1 is 1.12 bits per heavy atom. The van der Waals surface area contributed by atoms with Crippen LogP contribution in [0.5, 0.6) is 0 Å². The minimum Gasteiger partial charge on any atom is -0.278 e. The van der Waals surface area contributed by atoms with Gasteiger partial charge in [0, 0.05) is 11.6 Å². The number of hydrogen-bond acceptors (Lipinski definition) is 1. The Bertz CT molecular complexity index is 346. The van der Waals surface area contributed by atoms with Crippen molar-refractivity contribution in [3.8, 4) is 0 Å². The van der Waals surface area contributed by atoms with E-state index in [1.807, 2.05) is 33.4 Å². The molecule has 0 aromatic heterocycles. The number of nitrogens with zero attached hydrogens (tertiary/aromatic N) is 1. The van der Waals surface area contributed by atoms with E-state index in [0.29, 0.717) is 6.04 Å². The first-order chi connectivity index (χ1) is 7.79. The Labute approximate surface area is 111 Å². The van der Waals surface area contributed by atoms with Gasteiger partial charge in [-0.15, -0.1) is 0 Å². The van der Waals surface area contributed by atoms with Crippen molar-refractivity contribution < 1.29 is 4.79 Å². The number of carbonyl (C=O) groups is 1. The Kier molecular flexibility index (Phi) is 4.21. The molecule has 0 N–H and O–H groups in total. The van der Waals surface area contributed by atoms with E-state index in [9.17, 15) is 4.79 Å². The zero-order valence-corrected chi connectivity index (χ0v) is 11.4. The van der Waals surface area contributed by atoms with Crippen molar-refractivity contribution in [3.05, 3.63) is 35.9 Å². The molecule has 0 heterocycles. The summed E-state index contributed by atoms with van der Waals surface area (Å²) in [5, 5.41) is 0. The maximum atomic E-state index is 12.2. The van der Waals surface area contributed by atoms with Crippen LogP contribution < -0.4 is 0 Å². The first-order valence-corrected chi connectivity index (χ1v) is 6.80. The molecule has 1 aromatic carbocycles. The molecule has 86 valence electrons. The Balaban J connectivity index is 2.04. The second-order valence-electron chi connectivity index (χ2n) is 4.27. The van der Waals surface area contributed by atoms with Crippen LogP contribution in [0.15, 0.2) is 30.3 Å². The fourth-order valence-electron chi connectivity index (χ4n) is 2.18. The predicted molar refractivity (Wildman–Crippen MR) is 73.5 cm³/mol. The lowest BCUT2D eigenvalue weighted by Crippen LogP contribution is -2.33. The molecule has 1 fully saturated rings. The lowest BCUT2D eigenvalue weighted by Gasteiger charge is -2.29. The molecule has 0 atom stereocenters. The van der Waals surface area contributed by atoms with Crippen molar-refractivity contribution in [1.82, 2.24) is 3.11 Å². The molecule has 1 aliphatic rings. The van der Waals surface area contributed by atoms with Crippen LogP contribution in [-0.2, 0) is 0 Å². The number of amides is 1. The highest BCUT2D eigenvalue weighted by atomic mass is 127. The molecule has 1 amide bonds. The molecular formula is C13H16INO. The van der Waals surface area contributed by atoms with Crippen molar-refractivity contribution in [2.24, 2.45) is 0 Å². The van der Waals surface area contributed by atoms with Gasteiger partial charge in [0.05, 0.1) is 22.9 Å². The molecule has 0 unspecified atom stereocenters. The summed E-state index contributed by atoms with van der Waals surface area (Å²) in [6.45, 7) is 0. The van der Waals surface area contributed by atoms with Gasteiger partial charge in [0.25, 0.3) is 5.91 Å². The van der Waals surface area contributed by atoms with E-state index in [0.717, 1.165) is 18.4 Å². The monoisotopic (exact) mass is 329 g/mol. The van der Waals surface area contributed by atoms with E-state index in [1.165, 1.54) is 19.3 Å². The molecule has 3 heteroatoms. The topological polar surface area (TPSA) is 20.3 Å². The highest BCUT2D eigenvalue weighted by Crippen LogP contribution is 2.26. The second kappa shape index (κ2) is 5.66. The maximum absolute atomic E-state index is 12.2. The van der Waals surface area contributed by atoms with E-state index >= 15 is 0 Å². The highest BCUT2D eigenvalue weighted by Gasteiger charge is 2.24. The molecule has 2 nitrogen and oxygen atoms in total.